The Bertz CT molecular complexity index is 585. The number of rotatable bonds is 2. The van der Waals surface area contributed by atoms with Gasteiger partial charge in [-0.2, -0.15) is 0 Å². The summed E-state index contributed by atoms with van der Waals surface area (Å²) < 4.78 is 5.11. The summed E-state index contributed by atoms with van der Waals surface area (Å²) in [6.07, 6.45) is 0. The van der Waals surface area contributed by atoms with E-state index in [-0.39, 0.29) is 5.97 Å². The molecule has 0 radical (unpaired) electrons. The molecular weight excluding hydrogens is 224 g/mol. The van der Waals surface area contributed by atoms with Crippen LogP contribution in [-0.2, 0) is 4.79 Å². The largest absolute Gasteiger partial charge is 0.427 e. The Hall–Kier alpha value is -2.09. The summed E-state index contributed by atoms with van der Waals surface area (Å²) >= 11 is 0. The van der Waals surface area contributed by atoms with Crippen molar-refractivity contribution in [2.75, 3.05) is 0 Å². The van der Waals surface area contributed by atoms with Crippen molar-refractivity contribution in [3.8, 4) is 16.9 Å². The second-order valence-electron chi connectivity index (χ2n) is 4.44. The molecule has 2 nitrogen and oxygen atoms in total. The van der Waals surface area contributed by atoms with E-state index in [1.54, 1.807) is 6.07 Å². The number of hydrogen-bond donors (Lipinski definition) is 0. The molecule has 2 aromatic rings. The Morgan fingerprint density at radius 2 is 1.83 bits per heavy atom. The minimum absolute atomic E-state index is 0.298. The van der Waals surface area contributed by atoms with Gasteiger partial charge in [0.05, 0.1) is 0 Å². The van der Waals surface area contributed by atoms with Crippen molar-refractivity contribution < 1.29 is 9.53 Å². The zero-order valence-electron chi connectivity index (χ0n) is 10.9. The molecule has 0 amide bonds. The number of hydrogen-bond acceptors (Lipinski definition) is 2. The van der Waals surface area contributed by atoms with Gasteiger partial charge in [-0.05, 0) is 42.7 Å². The number of carbonyl (C=O) groups excluding carboxylic acids is 1. The molecule has 2 rings (SSSR count). The number of carbonyl (C=O) groups is 1. The third kappa shape index (κ3) is 2.77. The minimum atomic E-state index is -0.298. The second-order valence-corrected chi connectivity index (χ2v) is 4.44. The van der Waals surface area contributed by atoms with Gasteiger partial charge in [-0.15, -0.1) is 0 Å². The van der Waals surface area contributed by atoms with E-state index in [0.29, 0.717) is 5.75 Å². The quantitative estimate of drug-likeness (QED) is 0.588. The SMILES string of the molecule is CC(=O)Oc1cccc(-c2cc(C)ccc2C)c1. The maximum absolute atomic E-state index is 11.0. The molecule has 0 aliphatic heterocycles. The predicted molar refractivity (Wildman–Crippen MR) is 72.7 cm³/mol. The Morgan fingerprint density at radius 3 is 2.56 bits per heavy atom. The highest BCUT2D eigenvalue weighted by Crippen LogP contribution is 2.27. The van der Waals surface area contributed by atoms with Crippen LogP contribution in [0.1, 0.15) is 18.1 Å². The zero-order chi connectivity index (χ0) is 13.1. The van der Waals surface area contributed by atoms with E-state index in [1.807, 2.05) is 18.2 Å². The van der Waals surface area contributed by atoms with Gasteiger partial charge in [-0.25, -0.2) is 0 Å². The first-order valence-electron chi connectivity index (χ1n) is 5.92. The van der Waals surface area contributed by atoms with Crippen molar-refractivity contribution in [1.29, 1.82) is 0 Å². The topological polar surface area (TPSA) is 26.3 Å². The summed E-state index contributed by atoms with van der Waals surface area (Å²) in [4.78, 5) is 11.0. The van der Waals surface area contributed by atoms with E-state index in [2.05, 4.69) is 32.0 Å². The van der Waals surface area contributed by atoms with Gasteiger partial charge in [-0.3, -0.25) is 4.79 Å². The molecule has 0 aliphatic rings. The molecule has 2 aromatic carbocycles. The van der Waals surface area contributed by atoms with E-state index in [1.165, 1.54) is 23.6 Å². The summed E-state index contributed by atoms with van der Waals surface area (Å²) in [6.45, 7) is 5.55. The van der Waals surface area contributed by atoms with E-state index >= 15 is 0 Å². The molecular formula is C16H16O2. The fraction of sp³-hybridized carbons (Fsp3) is 0.188. The molecule has 0 aromatic heterocycles. The third-order valence-electron chi connectivity index (χ3n) is 2.80. The smallest absolute Gasteiger partial charge is 0.308 e. The number of ether oxygens (including phenoxy) is 1. The molecule has 0 fully saturated rings. The van der Waals surface area contributed by atoms with Crippen LogP contribution in [0.25, 0.3) is 11.1 Å². The van der Waals surface area contributed by atoms with Gasteiger partial charge in [0.15, 0.2) is 0 Å². The van der Waals surface area contributed by atoms with Gasteiger partial charge < -0.3 is 4.74 Å². The Labute approximate surface area is 107 Å². The molecule has 0 N–H and O–H groups in total. The van der Waals surface area contributed by atoms with Gasteiger partial charge in [0.2, 0.25) is 0 Å². The lowest BCUT2D eigenvalue weighted by molar-refractivity contribution is -0.131. The number of esters is 1. The van der Waals surface area contributed by atoms with Gasteiger partial charge in [0, 0.05) is 6.92 Å². The summed E-state index contributed by atoms with van der Waals surface area (Å²) in [5.74, 6) is 0.286. The summed E-state index contributed by atoms with van der Waals surface area (Å²) in [7, 11) is 0. The first-order valence-corrected chi connectivity index (χ1v) is 5.92. The van der Waals surface area contributed by atoms with Crippen LogP contribution < -0.4 is 4.74 Å². The molecule has 0 aliphatic carbocycles. The van der Waals surface area contributed by atoms with E-state index in [4.69, 9.17) is 4.74 Å². The van der Waals surface area contributed by atoms with Crippen LogP contribution >= 0.6 is 0 Å². The van der Waals surface area contributed by atoms with Crippen molar-refractivity contribution in [2.24, 2.45) is 0 Å². The van der Waals surface area contributed by atoms with E-state index in [0.717, 1.165) is 5.56 Å². The van der Waals surface area contributed by atoms with Crippen molar-refractivity contribution in [3.63, 3.8) is 0 Å². The second kappa shape index (κ2) is 5.05. The molecule has 18 heavy (non-hydrogen) atoms. The standard InChI is InChI=1S/C16H16O2/c1-11-7-8-12(2)16(9-11)14-5-4-6-15(10-14)18-13(3)17/h4-10H,1-3H3. The van der Waals surface area contributed by atoms with Gasteiger partial charge in [-0.1, -0.05) is 35.9 Å². The van der Waals surface area contributed by atoms with E-state index in [9.17, 15) is 4.79 Å². The van der Waals surface area contributed by atoms with Gasteiger partial charge in [0.25, 0.3) is 0 Å². The average molecular weight is 240 g/mol. The van der Waals surface area contributed by atoms with Crippen molar-refractivity contribution >= 4 is 5.97 Å². The lowest BCUT2D eigenvalue weighted by Gasteiger charge is -2.09. The molecule has 2 heteroatoms. The van der Waals surface area contributed by atoms with Crippen LogP contribution in [0.15, 0.2) is 42.5 Å². The predicted octanol–water partition coefficient (Wildman–Crippen LogP) is 3.90. The van der Waals surface area contributed by atoms with Gasteiger partial charge >= 0.3 is 5.97 Å². The highest BCUT2D eigenvalue weighted by molar-refractivity contribution is 5.72. The molecule has 0 saturated heterocycles. The normalized spacial score (nSPS) is 10.2. The Kier molecular flexibility index (Phi) is 3.47. The first kappa shape index (κ1) is 12.4. The molecule has 92 valence electrons. The van der Waals surface area contributed by atoms with Crippen LogP contribution in [0, 0.1) is 13.8 Å². The van der Waals surface area contributed by atoms with Crippen LogP contribution in [0.2, 0.25) is 0 Å². The molecule has 0 unspecified atom stereocenters. The molecule has 0 spiro atoms. The fourth-order valence-corrected chi connectivity index (χ4v) is 1.94. The van der Waals surface area contributed by atoms with Crippen LogP contribution in [-0.4, -0.2) is 5.97 Å². The van der Waals surface area contributed by atoms with Crippen molar-refractivity contribution in [3.05, 3.63) is 53.6 Å². The molecule has 0 atom stereocenters. The van der Waals surface area contributed by atoms with Crippen LogP contribution in [0.4, 0.5) is 0 Å². The number of aryl methyl sites for hydroxylation is 2. The Morgan fingerprint density at radius 1 is 1.06 bits per heavy atom. The summed E-state index contributed by atoms with van der Waals surface area (Å²) in [5.41, 5.74) is 4.66. The lowest BCUT2D eigenvalue weighted by atomic mass is 9.98. The molecule has 0 heterocycles. The average Bonchev–Trinajstić information content (AvgIpc) is 2.32. The van der Waals surface area contributed by atoms with Crippen molar-refractivity contribution in [2.45, 2.75) is 20.8 Å². The minimum Gasteiger partial charge on any atom is -0.427 e. The first-order chi connectivity index (χ1) is 8.56. The lowest BCUT2D eigenvalue weighted by Crippen LogP contribution is -2.01. The Balaban J connectivity index is 2.44. The maximum Gasteiger partial charge on any atom is 0.308 e. The molecule has 0 bridgehead atoms. The fourth-order valence-electron chi connectivity index (χ4n) is 1.94. The van der Waals surface area contributed by atoms with Crippen LogP contribution in [0.3, 0.4) is 0 Å². The summed E-state index contributed by atoms with van der Waals surface area (Å²) in [5, 5.41) is 0. The highest BCUT2D eigenvalue weighted by atomic mass is 16.5. The summed E-state index contributed by atoms with van der Waals surface area (Å²) in [6, 6.07) is 13.9. The van der Waals surface area contributed by atoms with Gasteiger partial charge in [0.1, 0.15) is 5.75 Å². The van der Waals surface area contributed by atoms with Crippen molar-refractivity contribution in [1.82, 2.24) is 0 Å². The zero-order valence-corrected chi connectivity index (χ0v) is 10.9. The maximum atomic E-state index is 11.0. The monoisotopic (exact) mass is 240 g/mol. The highest BCUT2D eigenvalue weighted by Gasteiger charge is 2.05. The van der Waals surface area contributed by atoms with Crippen LogP contribution in [0.5, 0.6) is 5.75 Å². The van der Waals surface area contributed by atoms with E-state index < -0.39 is 0 Å². The molecule has 0 saturated carbocycles. The number of benzene rings is 2. The third-order valence-corrected chi connectivity index (χ3v) is 2.80.